The van der Waals surface area contributed by atoms with E-state index in [2.05, 4.69) is 16.5 Å². The van der Waals surface area contributed by atoms with Gasteiger partial charge in [-0.1, -0.05) is 30.3 Å². The molecular formula is C29H30N4O3. The van der Waals surface area contributed by atoms with E-state index in [4.69, 9.17) is 10.4 Å². The fourth-order valence-electron chi connectivity index (χ4n) is 4.45. The number of aromatic nitrogens is 3. The summed E-state index contributed by atoms with van der Waals surface area (Å²) in [5.41, 5.74) is 5.40. The summed E-state index contributed by atoms with van der Waals surface area (Å²) in [6.07, 6.45) is 5.47. The summed E-state index contributed by atoms with van der Waals surface area (Å²) in [5.74, 6) is -0.814. The fraction of sp³-hybridized carbons (Fsp3) is 0.241. The van der Waals surface area contributed by atoms with Gasteiger partial charge in [-0.2, -0.15) is 0 Å². The van der Waals surface area contributed by atoms with E-state index in [1.165, 1.54) is 0 Å². The molecule has 0 unspecified atom stereocenters. The van der Waals surface area contributed by atoms with Crippen molar-refractivity contribution >= 4 is 28.3 Å². The van der Waals surface area contributed by atoms with Gasteiger partial charge in [-0.05, 0) is 63.9 Å². The van der Waals surface area contributed by atoms with Crippen molar-refractivity contribution in [2.24, 2.45) is 0 Å². The van der Waals surface area contributed by atoms with Gasteiger partial charge in [0.2, 0.25) is 0 Å². The van der Waals surface area contributed by atoms with E-state index in [-0.39, 0.29) is 17.5 Å². The van der Waals surface area contributed by atoms with Crippen LogP contribution in [0.5, 0.6) is 0 Å². The van der Waals surface area contributed by atoms with Gasteiger partial charge in [-0.3, -0.25) is 14.8 Å². The van der Waals surface area contributed by atoms with Crippen LogP contribution >= 0.6 is 0 Å². The number of fused-ring (bicyclic) bond motifs is 1. The third-order valence-electron chi connectivity index (χ3n) is 6.68. The van der Waals surface area contributed by atoms with Gasteiger partial charge in [0.15, 0.2) is 0 Å². The Morgan fingerprint density at radius 1 is 1.06 bits per heavy atom. The van der Waals surface area contributed by atoms with Gasteiger partial charge in [0.1, 0.15) is 0 Å². The number of rotatable bonds is 7. The van der Waals surface area contributed by atoms with Crippen molar-refractivity contribution in [3.8, 4) is 11.1 Å². The second-order valence-corrected chi connectivity index (χ2v) is 9.57. The molecule has 0 fully saturated rings. The third-order valence-corrected chi connectivity index (χ3v) is 6.68. The van der Waals surface area contributed by atoms with E-state index in [0.717, 1.165) is 27.9 Å². The number of carbonyl (C=O) groups is 1. The number of allylic oxidation sites excluding steroid dienone is 2. The number of hydrogen-bond donors (Lipinski definition) is 3. The summed E-state index contributed by atoms with van der Waals surface area (Å²) in [7, 11) is 0. The second kappa shape index (κ2) is 9.41. The second-order valence-electron chi connectivity index (χ2n) is 9.57. The summed E-state index contributed by atoms with van der Waals surface area (Å²) >= 11 is 0. The van der Waals surface area contributed by atoms with Gasteiger partial charge >= 0.3 is 5.97 Å². The largest absolute Gasteiger partial charge is 0.512 e. The zero-order chi connectivity index (χ0) is 26.2. The molecule has 0 amide bonds. The highest BCUT2D eigenvalue weighted by Crippen LogP contribution is 2.35. The molecule has 3 N–H and O–H groups in total. The molecule has 4 aromatic rings. The molecule has 0 aliphatic heterocycles. The van der Waals surface area contributed by atoms with Gasteiger partial charge in [-0.25, -0.2) is 0 Å². The molecule has 0 spiro atoms. The van der Waals surface area contributed by atoms with E-state index < -0.39 is 11.4 Å². The van der Waals surface area contributed by atoms with Crippen LogP contribution in [0.25, 0.3) is 27.7 Å². The van der Waals surface area contributed by atoms with Gasteiger partial charge in [0, 0.05) is 41.0 Å². The average Bonchev–Trinajstić information content (AvgIpc) is 3.22. The van der Waals surface area contributed by atoms with Crippen molar-refractivity contribution in [2.75, 3.05) is 0 Å². The number of aliphatic hydroxyl groups is 1. The molecule has 0 saturated heterocycles. The van der Waals surface area contributed by atoms with Crippen LogP contribution < -0.4 is 0 Å². The third kappa shape index (κ3) is 4.40. The Bertz CT molecular complexity index is 1480. The Morgan fingerprint density at radius 2 is 1.75 bits per heavy atom. The Hall–Kier alpha value is -4.26. The minimum absolute atomic E-state index is 0.0661. The first-order chi connectivity index (χ1) is 17.0. The van der Waals surface area contributed by atoms with Crippen LogP contribution in [-0.4, -0.2) is 36.4 Å². The minimum atomic E-state index is -0.997. The van der Waals surface area contributed by atoms with Crippen molar-refractivity contribution in [1.29, 1.82) is 5.41 Å². The van der Waals surface area contributed by atoms with Gasteiger partial charge in [-0.15, -0.1) is 0 Å². The highest BCUT2D eigenvalue weighted by atomic mass is 16.4. The predicted octanol–water partition coefficient (Wildman–Crippen LogP) is 6.40. The van der Waals surface area contributed by atoms with Crippen LogP contribution in [0.3, 0.4) is 0 Å². The number of pyridine rings is 2. The molecular weight excluding hydrogens is 452 g/mol. The highest BCUT2D eigenvalue weighted by Gasteiger charge is 2.29. The first kappa shape index (κ1) is 24.9. The summed E-state index contributed by atoms with van der Waals surface area (Å²) in [6, 6.07) is 15.2. The molecule has 0 bridgehead atoms. The van der Waals surface area contributed by atoms with Gasteiger partial charge < -0.3 is 20.2 Å². The van der Waals surface area contributed by atoms with Crippen LogP contribution in [-0.2, 0) is 10.2 Å². The standard InChI is InChI=1S/C29H30N4O3/c1-17(30)26(19(3)34)21-14-25-27(32-15-21)23(16-33(25)18(2)24-8-6-7-13-31-24)20-9-11-22(12-10-20)29(4,5)28(35)36/h6-16,18,30,34H,1-5H3,(H,35,36)/b26-19+,30-17?/t18-/m0/s1. The van der Waals surface area contributed by atoms with Crippen molar-refractivity contribution < 1.29 is 15.0 Å². The Balaban J connectivity index is 1.92. The van der Waals surface area contributed by atoms with E-state index in [9.17, 15) is 15.0 Å². The molecule has 7 heteroatoms. The lowest BCUT2D eigenvalue weighted by molar-refractivity contribution is -0.142. The first-order valence-electron chi connectivity index (χ1n) is 11.7. The van der Waals surface area contributed by atoms with Crippen molar-refractivity contribution in [1.82, 2.24) is 14.5 Å². The topological polar surface area (TPSA) is 112 Å². The maximum atomic E-state index is 11.7. The fourth-order valence-corrected chi connectivity index (χ4v) is 4.45. The number of hydrogen-bond acceptors (Lipinski definition) is 5. The number of benzene rings is 1. The first-order valence-corrected chi connectivity index (χ1v) is 11.7. The smallest absolute Gasteiger partial charge is 0.313 e. The normalized spacial score (nSPS) is 13.4. The predicted molar refractivity (Wildman–Crippen MR) is 143 cm³/mol. The lowest BCUT2D eigenvalue weighted by atomic mass is 9.84. The number of nitrogens with one attached hydrogen (secondary N) is 1. The van der Waals surface area contributed by atoms with Gasteiger partial charge in [0.05, 0.1) is 33.9 Å². The van der Waals surface area contributed by atoms with E-state index in [1.807, 2.05) is 54.7 Å². The molecule has 0 radical (unpaired) electrons. The van der Waals surface area contributed by atoms with E-state index in [1.54, 1.807) is 40.1 Å². The summed E-state index contributed by atoms with van der Waals surface area (Å²) in [6.45, 7) is 8.65. The van der Waals surface area contributed by atoms with E-state index >= 15 is 0 Å². The molecule has 0 saturated carbocycles. The van der Waals surface area contributed by atoms with Crippen LogP contribution in [0.2, 0.25) is 0 Å². The number of aliphatic carboxylic acids is 1. The average molecular weight is 483 g/mol. The van der Waals surface area contributed by atoms with Crippen LogP contribution in [0.4, 0.5) is 0 Å². The molecule has 4 rings (SSSR count). The SMILES string of the molecule is CC(=N)/C(=C(/C)O)c1cnc2c(-c3ccc(C(C)(C)C(=O)O)cc3)cn([C@@H](C)c3ccccn3)c2c1. The number of nitrogens with zero attached hydrogens (tertiary/aromatic N) is 3. The highest BCUT2D eigenvalue weighted by molar-refractivity contribution is 6.22. The molecule has 0 aliphatic rings. The number of carboxylic acids is 1. The zero-order valence-corrected chi connectivity index (χ0v) is 21.1. The summed E-state index contributed by atoms with van der Waals surface area (Å²) in [4.78, 5) is 21.0. The maximum Gasteiger partial charge on any atom is 0.313 e. The van der Waals surface area contributed by atoms with Crippen molar-refractivity contribution in [3.05, 3.63) is 89.7 Å². The molecule has 1 atom stereocenters. The lowest BCUT2D eigenvalue weighted by Gasteiger charge is -2.19. The monoisotopic (exact) mass is 482 g/mol. The number of aliphatic hydroxyl groups excluding tert-OH is 1. The zero-order valence-electron chi connectivity index (χ0n) is 21.1. The Morgan fingerprint density at radius 3 is 2.31 bits per heavy atom. The quantitative estimate of drug-likeness (QED) is 0.208. The molecule has 184 valence electrons. The Labute approximate surface area is 210 Å². The molecule has 36 heavy (non-hydrogen) atoms. The van der Waals surface area contributed by atoms with Crippen molar-refractivity contribution in [3.63, 3.8) is 0 Å². The molecule has 7 nitrogen and oxygen atoms in total. The van der Waals surface area contributed by atoms with Crippen LogP contribution in [0, 0.1) is 5.41 Å². The molecule has 1 aromatic carbocycles. The van der Waals surface area contributed by atoms with E-state index in [0.29, 0.717) is 16.7 Å². The van der Waals surface area contributed by atoms with Crippen molar-refractivity contribution in [2.45, 2.75) is 46.1 Å². The van der Waals surface area contributed by atoms with Crippen LogP contribution in [0.1, 0.15) is 57.5 Å². The maximum absolute atomic E-state index is 11.7. The minimum Gasteiger partial charge on any atom is -0.512 e. The lowest BCUT2D eigenvalue weighted by Crippen LogP contribution is -2.28. The summed E-state index contributed by atoms with van der Waals surface area (Å²) < 4.78 is 2.10. The molecule has 3 aromatic heterocycles. The molecule has 0 aliphatic carbocycles. The summed E-state index contributed by atoms with van der Waals surface area (Å²) in [5, 5.41) is 28.0. The van der Waals surface area contributed by atoms with Gasteiger partial charge in [0.25, 0.3) is 0 Å². The molecule has 3 heterocycles. The Kier molecular flexibility index (Phi) is 6.50. The number of carboxylic acid groups (broad SMARTS) is 1. The van der Waals surface area contributed by atoms with Crippen LogP contribution in [0.15, 0.2) is 72.9 Å².